The van der Waals surface area contributed by atoms with E-state index in [9.17, 15) is 4.39 Å². The largest absolute Gasteiger partial charge is 0.381 e. The van der Waals surface area contributed by atoms with Crippen molar-refractivity contribution in [3.8, 4) is 0 Å². The van der Waals surface area contributed by atoms with Gasteiger partial charge in [0.15, 0.2) is 0 Å². The van der Waals surface area contributed by atoms with E-state index in [0.29, 0.717) is 22.9 Å². The molecule has 1 fully saturated rings. The van der Waals surface area contributed by atoms with Crippen molar-refractivity contribution in [2.24, 2.45) is 0 Å². The molecular formula is C13H17ClFNO. The number of benzene rings is 1. The van der Waals surface area contributed by atoms with Crippen LogP contribution in [0.1, 0.15) is 25.7 Å². The van der Waals surface area contributed by atoms with E-state index in [1.165, 1.54) is 12.1 Å². The molecule has 0 aliphatic heterocycles. The third-order valence-electron chi connectivity index (χ3n) is 3.25. The molecule has 0 radical (unpaired) electrons. The molecule has 0 spiro atoms. The molecule has 1 N–H and O–H groups in total. The molecule has 2 rings (SSSR count). The van der Waals surface area contributed by atoms with E-state index < -0.39 is 0 Å². The molecule has 4 heteroatoms. The number of hydrogen-bond donors (Lipinski definition) is 1. The Kier molecular flexibility index (Phi) is 4.24. The van der Waals surface area contributed by atoms with E-state index in [1.54, 1.807) is 13.2 Å². The average molecular weight is 258 g/mol. The monoisotopic (exact) mass is 257 g/mol. The van der Waals surface area contributed by atoms with E-state index in [2.05, 4.69) is 5.32 Å². The van der Waals surface area contributed by atoms with Gasteiger partial charge >= 0.3 is 0 Å². The van der Waals surface area contributed by atoms with Crippen LogP contribution < -0.4 is 5.32 Å². The van der Waals surface area contributed by atoms with E-state index in [1.807, 2.05) is 0 Å². The fraction of sp³-hybridized carbons (Fsp3) is 0.538. The zero-order valence-electron chi connectivity index (χ0n) is 9.88. The highest BCUT2D eigenvalue weighted by molar-refractivity contribution is 6.33. The van der Waals surface area contributed by atoms with Crippen LogP contribution in [0.3, 0.4) is 0 Å². The van der Waals surface area contributed by atoms with Crippen LogP contribution in [0.5, 0.6) is 0 Å². The van der Waals surface area contributed by atoms with Gasteiger partial charge < -0.3 is 10.1 Å². The van der Waals surface area contributed by atoms with Crippen molar-refractivity contribution in [2.75, 3.05) is 12.4 Å². The zero-order valence-corrected chi connectivity index (χ0v) is 10.6. The first-order valence-corrected chi connectivity index (χ1v) is 6.31. The summed E-state index contributed by atoms with van der Waals surface area (Å²) in [4.78, 5) is 0. The van der Waals surface area contributed by atoms with Crippen molar-refractivity contribution in [3.63, 3.8) is 0 Å². The minimum Gasteiger partial charge on any atom is -0.381 e. The molecule has 1 saturated carbocycles. The van der Waals surface area contributed by atoms with Crippen LogP contribution in [-0.4, -0.2) is 19.3 Å². The summed E-state index contributed by atoms with van der Waals surface area (Å²) in [6.07, 6.45) is 4.55. The number of hydrogen-bond acceptors (Lipinski definition) is 2. The standard InChI is InChI=1S/C13H17ClFNO/c1-17-11-4-2-3-10(8-11)16-13-7-9(15)5-6-12(13)14/h5-7,10-11,16H,2-4,8H2,1H3. The number of anilines is 1. The van der Waals surface area contributed by atoms with Crippen molar-refractivity contribution in [1.29, 1.82) is 0 Å². The van der Waals surface area contributed by atoms with Crippen LogP contribution in [0.25, 0.3) is 0 Å². The van der Waals surface area contributed by atoms with Gasteiger partial charge in [-0.05, 0) is 43.9 Å². The molecule has 0 bridgehead atoms. The lowest BCUT2D eigenvalue weighted by molar-refractivity contribution is 0.0669. The van der Waals surface area contributed by atoms with Crippen LogP contribution in [0.4, 0.5) is 10.1 Å². The lowest BCUT2D eigenvalue weighted by Gasteiger charge is -2.29. The van der Waals surface area contributed by atoms with E-state index in [0.717, 1.165) is 25.7 Å². The summed E-state index contributed by atoms with van der Waals surface area (Å²) >= 11 is 6.03. The quantitative estimate of drug-likeness (QED) is 0.888. The Morgan fingerprint density at radius 3 is 3.00 bits per heavy atom. The van der Waals surface area contributed by atoms with Crippen molar-refractivity contribution < 1.29 is 9.13 Å². The second-order valence-electron chi connectivity index (χ2n) is 4.49. The summed E-state index contributed by atoms with van der Waals surface area (Å²) in [5.74, 6) is -0.268. The summed E-state index contributed by atoms with van der Waals surface area (Å²) in [5, 5.41) is 3.86. The molecular weight excluding hydrogens is 241 g/mol. The molecule has 2 atom stereocenters. The Morgan fingerprint density at radius 1 is 1.41 bits per heavy atom. The summed E-state index contributed by atoms with van der Waals surface area (Å²) in [5.41, 5.74) is 0.674. The topological polar surface area (TPSA) is 21.3 Å². The van der Waals surface area contributed by atoms with Gasteiger partial charge in [0.05, 0.1) is 16.8 Å². The molecule has 0 amide bonds. The Balaban J connectivity index is 2.02. The molecule has 1 aromatic rings. The highest BCUT2D eigenvalue weighted by atomic mass is 35.5. The molecule has 0 heterocycles. The predicted octanol–water partition coefficient (Wildman–Crippen LogP) is 3.85. The molecule has 1 aliphatic rings. The molecule has 2 unspecified atom stereocenters. The number of rotatable bonds is 3. The van der Waals surface area contributed by atoms with E-state index in [4.69, 9.17) is 16.3 Å². The SMILES string of the molecule is COC1CCCC(Nc2cc(F)ccc2Cl)C1. The Bertz CT molecular complexity index is 386. The Morgan fingerprint density at radius 2 is 2.24 bits per heavy atom. The van der Waals surface area contributed by atoms with Gasteiger partial charge in [-0.15, -0.1) is 0 Å². The minimum absolute atomic E-state index is 0.268. The van der Waals surface area contributed by atoms with Crippen molar-refractivity contribution >= 4 is 17.3 Å². The number of methoxy groups -OCH3 is 1. The normalized spacial score (nSPS) is 24.6. The molecule has 1 aromatic carbocycles. The highest BCUT2D eigenvalue weighted by Crippen LogP contribution is 2.28. The lowest BCUT2D eigenvalue weighted by atomic mass is 9.92. The molecule has 0 saturated heterocycles. The van der Waals surface area contributed by atoms with Crippen LogP contribution in [-0.2, 0) is 4.74 Å². The molecule has 1 aliphatic carbocycles. The average Bonchev–Trinajstić information content (AvgIpc) is 2.34. The summed E-state index contributed by atoms with van der Waals surface area (Å²) in [6, 6.07) is 4.70. The number of halogens is 2. The first kappa shape index (κ1) is 12.7. The Hall–Kier alpha value is -0.800. The third kappa shape index (κ3) is 3.33. The van der Waals surface area contributed by atoms with Crippen LogP contribution in [0, 0.1) is 5.82 Å². The van der Waals surface area contributed by atoms with Crippen LogP contribution in [0.15, 0.2) is 18.2 Å². The summed E-state index contributed by atoms with van der Waals surface area (Å²) < 4.78 is 18.5. The third-order valence-corrected chi connectivity index (χ3v) is 3.58. The zero-order chi connectivity index (χ0) is 12.3. The van der Waals surface area contributed by atoms with Gasteiger partial charge in [0, 0.05) is 13.2 Å². The van der Waals surface area contributed by atoms with Gasteiger partial charge in [-0.25, -0.2) is 4.39 Å². The van der Waals surface area contributed by atoms with Crippen LogP contribution >= 0.6 is 11.6 Å². The first-order chi connectivity index (χ1) is 8.19. The minimum atomic E-state index is -0.268. The number of ether oxygens (including phenoxy) is 1. The molecule has 2 nitrogen and oxygen atoms in total. The smallest absolute Gasteiger partial charge is 0.125 e. The molecule has 0 aromatic heterocycles. The second kappa shape index (κ2) is 5.69. The van der Waals surface area contributed by atoms with Crippen molar-refractivity contribution in [2.45, 2.75) is 37.8 Å². The van der Waals surface area contributed by atoms with Crippen molar-refractivity contribution in [1.82, 2.24) is 0 Å². The number of nitrogens with one attached hydrogen (secondary N) is 1. The van der Waals surface area contributed by atoms with Gasteiger partial charge in [-0.1, -0.05) is 11.6 Å². The highest BCUT2D eigenvalue weighted by Gasteiger charge is 2.22. The van der Waals surface area contributed by atoms with E-state index in [-0.39, 0.29) is 5.82 Å². The van der Waals surface area contributed by atoms with Gasteiger partial charge in [0.2, 0.25) is 0 Å². The summed E-state index contributed by atoms with van der Waals surface area (Å²) in [7, 11) is 1.74. The fourth-order valence-corrected chi connectivity index (χ4v) is 2.49. The van der Waals surface area contributed by atoms with Crippen LogP contribution in [0.2, 0.25) is 5.02 Å². The summed E-state index contributed by atoms with van der Waals surface area (Å²) in [6.45, 7) is 0. The maximum absolute atomic E-state index is 13.1. The van der Waals surface area contributed by atoms with Crippen molar-refractivity contribution in [3.05, 3.63) is 29.0 Å². The Labute approximate surface area is 106 Å². The molecule has 94 valence electrons. The predicted molar refractivity (Wildman–Crippen MR) is 68.1 cm³/mol. The lowest BCUT2D eigenvalue weighted by Crippen LogP contribution is -2.31. The van der Waals surface area contributed by atoms with E-state index >= 15 is 0 Å². The van der Waals surface area contributed by atoms with Gasteiger partial charge in [-0.2, -0.15) is 0 Å². The maximum Gasteiger partial charge on any atom is 0.125 e. The van der Waals surface area contributed by atoms with Gasteiger partial charge in [0.1, 0.15) is 5.82 Å². The van der Waals surface area contributed by atoms with Gasteiger partial charge in [0.25, 0.3) is 0 Å². The molecule has 17 heavy (non-hydrogen) atoms. The second-order valence-corrected chi connectivity index (χ2v) is 4.90. The van der Waals surface area contributed by atoms with Gasteiger partial charge in [-0.3, -0.25) is 0 Å². The maximum atomic E-state index is 13.1. The fourth-order valence-electron chi connectivity index (χ4n) is 2.32. The first-order valence-electron chi connectivity index (χ1n) is 5.93.